The van der Waals surface area contributed by atoms with Crippen LogP contribution in [-0.4, -0.2) is 33.3 Å². The van der Waals surface area contributed by atoms with Crippen molar-refractivity contribution in [1.82, 2.24) is 25.6 Å². The van der Waals surface area contributed by atoms with Crippen LogP contribution >= 0.6 is 0 Å². The van der Waals surface area contributed by atoms with Gasteiger partial charge in [0, 0.05) is 41.5 Å². The van der Waals surface area contributed by atoms with Gasteiger partial charge >= 0.3 is 0 Å². The van der Waals surface area contributed by atoms with E-state index in [2.05, 4.69) is 20.6 Å². The van der Waals surface area contributed by atoms with Crippen LogP contribution in [0.15, 0.2) is 60.8 Å². The number of rotatable bonds is 4. The lowest BCUT2D eigenvalue weighted by Crippen LogP contribution is -2.39. The van der Waals surface area contributed by atoms with E-state index in [1.807, 2.05) is 54.7 Å². The molecule has 2 aromatic carbocycles. The first-order valence-electron chi connectivity index (χ1n) is 12.4. The number of amides is 2. The maximum Gasteiger partial charge on any atom is 0.253 e. The molecule has 0 saturated heterocycles. The number of H-pyrrole nitrogens is 1. The number of aromatic nitrogens is 3. The highest BCUT2D eigenvalue weighted by molar-refractivity contribution is 6.01. The van der Waals surface area contributed by atoms with Gasteiger partial charge < -0.3 is 15.6 Å². The smallest absolute Gasteiger partial charge is 0.253 e. The summed E-state index contributed by atoms with van der Waals surface area (Å²) in [6, 6.07) is 17.2. The number of fused-ring (bicyclic) bond motifs is 6. The molecule has 1 aliphatic heterocycles. The minimum atomic E-state index is -0.140. The minimum absolute atomic E-state index is 0.0203. The van der Waals surface area contributed by atoms with Crippen LogP contribution in [0.3, 0.4) is 0 Å². The largest absolute Gasteiger partial charge is 0.356 e. The Morgan fingerprint density at radius 2 is 1.92 bits per heavy atom. The van der Waals surface area contributed by atoms with Crippen molar-refractivity contribution in [3.63, 3.8) is 0 Å². The number of benzene rings is 2. The van der Waals surface area contributed by atoms with Crippen LogP contribution in [0.25, 0.3) is 22.8 Å². The highest BCUT2D eigenvalue weighted by Gasteiger charge is 2.51. The molecule has 7 nitrogen and oxygen atoms in total. The monoisotopic (exact) mass is 475 g/mol. The SMILES string of the molecule is O=C(NCc1ccccc1)c1cccc(-c2ncc3c(n2)-c2[nH]c4c(c2CC3)C(=O)NCC42CC2)c1. The molecule has 0 atom stereocenters. The molecule has 7 rings (SSSR count). The third kappa shape index (κ3) is 3.34. The van der Waals surface area contributed by atoms with Gasteiger partial charge in [0.1, 0.15) is 0 Å². The fraction of sp³-hybridized carbons (Fsp3) is 0.241. The van der Waals surface area contributed by atoms with Crippen molar-refractivity contribution >= 4 is 11.8 Å². The summed E-state index contributed by atoms with van der Waals surface area (Å²) in [7, 11) is 0. The molecule has 1 saturated carbocycles. The third-order valence-electron chi connectivity index (χ3n) is 7.73. The molecule has 178 valence electrons. The molecule has 0 radical (unpaired) electrons. The number of hydrogen-bond acceptors (Lipinski definition) is 4. The Balaban J connectivity index is 1.21. The number of carbonyl (C=O) groups excluding carboxylic acids is 2. The van der Waals surface area contributed by atoms with Crippen LogP contribution in [0.2, 0.25) is 0 Å². The fourth-order valence-electron chi connectivity index (χ4n) is 5.53. The van der Waals surface area contributed by atoms with Crippen molar-refractivity contribution in [2.24, 2.45) is 0 Å². The Labute approximate surface area is 208 Å². The van der Waals surface area contributed by atoms with Crippen molar-refractivity contribution in [2.45, 2.75) is 37.6 Å². The van der Waals surface area contributed by atoms with Crippen molar-refractivity contribution in [3.05, 3.63) is 94.3 Å². The second kappa shape index (κ2) is 7.88. The van der Waals surface area contributed by atoms with Gasteiger partial charge in [0.15, 0.2) is 5.82 Å². The van der Waals surface area contributed by atoms with E-state index in [-0.39, 0.29) is 17.2 Å². The number of hydrogen-bond donors (Lipinski definition) is 3. The standard InChI is InChI=1S/C29H25N5O2/c35-27(31-14-17-5-2-1-3-6-17)19-8-4-7-18(13-19)26-30-15-20-9-10-21-22-25(33-24(21)23(20)34-26)29(11-12-29)16-32-28(22)36/h1-8,13,15,33H,9-12,14,16H2,(H,31,35)(H,32,36). The van der Waals surface area contributed by atoms with Gasteiger partial charge in [0.05, 0.1) is 17.0 Å². The molecule has 36 heavy (non-hydrogen) atoms. The summed E-state index contributed by atoms with van der Waals surface area (Å²) in [5, 5.41) is 6.08. The summed E-state index contributed by atoms with van der Waals surface area (Å²) in [4.78, 5) is 38.8. The molecule has 1 spiro atoms. The lowest BCUT2D eigenvalue weighted by Gasteiger charge is -2.23. The zero-order valence-corrected chi connectivity index (χ0v) is 19.7. The van der Waals surface area contributed by atoms with Gasteiger partial charge in [0.2, 0.25) is 0 Å². The second-order valence-corrected chi connectivity index (χ2v) is 10.0. The van der Waals surface area contributed by atoms with Gasteiger partial charge in [-0.05, 0) is 54.5 Å². The van der Waals surface area contributed by atoms with E-state index < -0.39 is 0 Å². The van der Waals surface area contributed by atoms with E-state index in [1.54, 1.807) is 6.07 Å². The molecular formula is C29H25N5O2. The molecule has 1 fully saturated rings. The van der Waals surface area contributed by atoms with Crippen LogP contribution in [0.5, 0.6) is 0 Å². The number of aryl methyl sites for hydroxylation is 1. The highest BCUT2D eigenvalue weighted by atomic mass is 16.2. The quantitative estimate of drug-likeness (QED) is 0.416. The first-order chi connectivity index (χ1) is 17.6. The van der Waals surface area contributed by atoms with Crippen molar-refractivity contribution in [1.29, 1.82) is 0 Å². The van der Waals surface area contributed by atoms with Crippen molar-refractivity contribution in [3.8, 4) is 22.8 Å². The van der Waals surface area contributed by atoms with Crippen LogP contribution in [0.1, 0.15) is 55.9 Å². The predicted octanol–water partition coefficient (Wildman–Crippen LogP) is 3.94. The summed E-state index contributed by atoms with van der Waals surface area (Å²) < 4.78 is 0. The summed E-state index contributed by atoms with van der Waals surface area (Å²) in [5.41, 5.74) is 8.33. The first-order valence-corrected chi connectivity index (χ1v) is 12.4. The van der Waals surface area contributed by atoms with E-state index in [4.69, 9.17) is 4.98 Å². The molecule has 3 heterocycles. The molecule has 7 heteroatoms. The van der Waals surface area contributed by atoms with E-state index >= 15 is 0 Å². The molecule has 2 amide bonds. The molecule has 2 aliphatic carbocycles. The molecule has 4 aromatic rings. The third-order valence-corrected chi connectivity index (χ3v) is 7.73. The molecule has 2 aromatic heterocycles. The minimum Gasteiger partial charge on any atom is -0.356 e. The average molecular weight is 476 g/mol. The van der Waals surface area contributed by atoms with Gasteiger partial charge in [-0.3, -0.25) is 9.59 Å². The molecule has 0 bridgehead atoms. The van der Waals surface area contributed by atoms with Gasteiger partial charge in [-0.15, -0.1) is 0 Å². The van der Waals surface area contributed by atoms with Crippen LogP contribution in [0, 0.1) is 0 Å². The van der Waals surface area contributed by atoms with Crippen molar-refractivity contribution < 1.29 is 9.59 Å². The predicted molar refractivity (Wildman–Crippen MR) is 136 cm³/mol. The highest BCUT2D eigenvalue weighted by Crippen LogP contribution is 2.52. The van der Waals surface area contributed by atoms with Crippen molar-refractivity contribution in [2.75, 3.05) is 6.54 Å². The average Bonchev–Trinajstić information content (AvgIpc) is 3.59. The summed E-state index contributed by atoms with van der Waals surface area (Å²) >= 11 is 0. The van der Waals surface area contributed by atoms with Gasteiger partial charge in [-0.2, -0.15) is 0 Å². The number of nitrogens with zero attached hydrogens (tertiary/aromatic N) is 2. The van der Waals surface area contributed by atoms with Gasteiger partial charge in [0.25, 0.3) is 11.8 Å². The fourth-order valence-corrected chi connectivity index (χ4v) is 5.53. The topological polar surface area (TPSA) is 99.8 Å². The molecule has 3 N–H and O–H groups in total. The summed E-state index contributed by atoms with van der Waals surface area (Å²) in [6.45, 7) is 1.17. The first kappa shape index (κ1) is 21.1. The van der Waals surface area contributed by atoms with Crippen LogP contribution in [-0.2, 0) is 24.8 Å². The van der Waals surface area contributed by atoms with Gasteiger partial charge in [-0.1, -0.05) is 42.5 Å². The molecule has 0 unspecified atom stereocenters. The number of aromatic amines is 1. The lowest BCUT2D eigenvalue weighted by atomic mass is 9.88. The normalized spacial score (nSPS) is 16.5. The Bertz CT molecular complexity index is 1530. The Hall–Kier alpha value is -4.26. The zero-order chi connectivity index (χ0) is 24.3. The van der Waals surface area contributed by atoms with Crippen LogP contribution in [0.4, 0.5) is 0 Å². The molecule has 3 aliphatic rings. The maximum atomic E-state index is 12.8. The maximum absolute atomic E-state index is 12.8. The Morgan fingerprint density at radius 3 is 2.75 bits per heavy atom. The zero-order valence-electron chi connectivity index (χ0n) is 19.7. The Morgan fingerprint density at radius 1 is 1.06 bits per heavy atom. The lowest BCUT2D eigenvalue weighted by molar-refractivity contribution is 0.0932. The number of nitrogens with one attached hydrogen (secondary N) is 3. The molecular weight excluding hydrogens is 450 g/mol. The van der Waals surface area contributed by atoms with E-state index in [0.29, 0.717) is 24.5 Å². The summed E-state index contributed by atoms with van der Waals surface area (Å²) in [6.07, 6.45) is 5.68. The van der Waals surface area contributed by atoms with E-state index in [1.165, 1.54) is 0 Å². The Kier molecular flexibility index (Phi) is 4.61. The second-order valence-electron chi connectivity index (χ2n) is 10.0. The van der Waals surface area contributed by atoms with E-state index in [9.17, 15) is 9.59 Å². The van der Waals surface area contributed by atoms with Crippen LogP contribution < -0.4 is 10.6 Å². The van der Waals surface area contributed by atoms with E-state index in [0.717, 1.165) is 70.6 Å². The van der Waals surface area contributed by atoms with Gasteiger partial charge in [-0.25, -0.2) is 9.97 Å². The number of carbonyl (C=O) groups is 2. The summed E-state index contributed by atoms with van der Waals surface area (Å²) in [5.74, 6) is 0.447.